The maximum atomic E-state index is 11.4. The lowest BCUT2D eigenvalue weighted by Gasteiger charge is -2.12. The van der Waals surface area contributed by atoms with E-state index in [2.05, 4.69) is 32.3 Å². The van der Waals surface area contributed by atoms with Crippen molar-refractivity contribution in [2.75, 3.05) is 5.32 Å². The first kappa shape index (κ1) is 8.95. The highest BCUT2D eigenvalue weighted by molar-refractivity contribution is 14.1. The number of anilines is 1. The normalized spacial score (nSPS) is 17.6. The van der Waals surface area contributed by atoms with E-state index >= 15 is 0 Å². The van der Waals surface area contributed by atoms with Crippen LogP contribution in [-0.4, -0.2) is 14.8 Å². The maximum absolute atomic E-state index is 11.4. The Labute approximate surface area is 89.3 Å². The average Bonchev–Trinajstić information content (AvgIpc) is 2.06. The van der Waals surface area contributed by atoms with Crippen LogP contribution in [0.15, 0.2) is 27.5 Å². The number of hydrogen-bond acceptors (Lipinski definition) is 3. The van der Waals surface area contributed by atoms with Gasteiger partial charge in [0, 0.05) is 3.57 Å². The summed E-state index contributed by atoms with van der Waals surface area (Å²) in [6.07, 6.45) is 1.19. The predicted octanol–water partition coefficient (Wildman–Crippen LogP) is 1.43. The van der Waals surface area contributed by atoms with Crippen LogP contribution in [0.4, 0.5) is 5.69 Å². The third-order valence-corrected chi connectivity index (χ3v) is 3.83. The first-order chi connectivity index (χ1) is 6.11. The van der Waals surface area contributed by atoms with Crippen LogP contribution in [0.5, 0.6) is 0 Å². The number of halogens is 1. The summed E-state index contributed by atoms with van der Waals surface area (Å²) in [5, 5.41) is 2.81. The molecule has 0 aromatic heterocycles. The number of para-hydroxylation sites is 1. The molecule has 0 fully saturated rings. The Morgan fingerprint density at radius 1 is 1.38 bits per heavy atom. The van der Waals surface area contributed by atoms with Gasteiger partial charge < -0.3 is 5.32 Å². The van der Waals surface area contributed by atoms with Gasteiger partial charge in [0.05, 0.1) is 5.69 Å². The third-order valence-electron chi connectivity index (χ3n) is 1.65. The summed E-state index contributed by atoms with van der Waals surface area (Å²) in [4.78, 5) is 0.238. The van der Waals surface area contributed by atoms with Crippen LogP contribution >= 0.6 is 22.6 Å². The summed E-state index contributed by atoms with van der Waals surface area (Å²) in [7, 11) is -3.46. The second-order valence-corrected chi connectivity index (χ2v) is 5.23. The SMILES string of the molecule is O=S1(=O)N=CNc2c(I)cccc21. The number of sulfonamides is 1. The molecular formula is C7H5IN2O2S. The molecule has 0 saturated heterocycles. The molecule has 1 N–H and O–H groups in total. The number of rotatable bonds is 0. The minimum atomic E-state index is -3.46. The Bertz CT molecular complexity index is 481. The van der Waals surface area contributed by atoms with Gasteiger partial charge in [-0.15, -0.1) is 4.40 Å². The molecule has 1 aromatic rings. The Balaban J connectivity index is 2.79. The summed E-state index contributed by atoms with van der Waals surface area (Å²) in [5.74, 6) is 0. The number of nitrogens with zero attached hydrogens (tertiary/aromatic N) is 1. The first-order valence-corrected chi connectivity index (χ1v) is 5.97. The molecule has 0 aliphatic carbocycles. The zero-order chi connectivity index (χ0) is 9.47. The zero-order valence-electron chi connectivity index (χ0n) is 6.36. The van der Waals surface area contributed by atoms with E-state index in [0.717, 1.165) is 3.57 Å². The molecule has 1 aliphatic rings. The first-order valence-electron chi connectivity index (χ1n) is 3.45. The van der Waals surface area contributed by atoms with E-state index in [9.17, 15) is 8.42 Å². The summed E-state index contributed by atoms with van der Waals surface area (Å²) in [5.41, 5.74) is 0.609. The fraction of sp³-hybridized carbons (Fsp3) is 0. The molecule has 0 spiro atoms. The van der Waals surface area contributed by atoms with Crippen LogP contribution in [0, 0.1) is 3.57 Å². The molecule has 0 radical (unpaired) electrons. The van der Waals surface area contributed by atoms with Gasteiger partial charge in [0.1, 0.15) is 11.2 Å². The Hall–Kier alpha value is -0.630. The Morgan fingerprint density at radius 2 is 2.15 bits per heavy atom. The van der Waals surface area contributed by atoms with Crippen LogP contribution in [0.1, 0.15) is 0 Å². The van der Waals surface area contributed by atoms with Gasteiger partial charge in [0.15, 0.2) is 0 Å². The maximum Gasteiger partial charge on any atom is 0.285 e. The van der Waals surface area contributed by atoms with Crippen molar-refractivity contribution in [1.82, 2.24) is 0 Å². The molecule has 68 valence electrons. The summed E-state index contributed by atoms with van der Waals surface area (Å²) in [6.45, 7) is 0. The molecule has 0 amide bonds. The van der Waals surface area contributed by atoms with Crippen LogP contribution in [0.3, 0.4) is 0 Å². The summed E-state index contributed by atoms with van der Waals surface area (Å²) >= 11 is 2.07. The topological polar surface area (TPSA) is 58.5 Å². The van der Waals surface area contributed by atoms with E-state index in [1.54, 1.807) is 6.07 Å². The fourth-order valence-corrected chi connectivity index (χ4v) is 2.90. The molecule has 4 nitrogen and oxygen atoms in total. The largest absolute Gasteiger partial charge is 0.344 e. The molecule has 0 bridgehead atoms. The van der Waals surface area contributed by atoms with Gasteiger partial charge in [-0.3, -0.25) is 0 Å². The van der Waals surface area contributed by atoms with Gasteiger partial charge in [-0.25, -0.2) is 0 Å². The molecule has 0 saturated carbocycles. The van der Waals surface area contributed by atoms with E-state index in [4.69, 9.17) is 0 Å². The van der Waals surface area contributed by atoms with Gasteiger partial charge in [-0.2, -0.15) is 8.42 Å². The summed E-state index contributed by atoms with van der Waals surface area (Å²) in [6, 6.07) is 5.07. The Kier molecular flexibility index (Phi) is 2.03. The van der Waals surface area contributed by atoms with Crippen LogP contribution in [0.25, 0.3) is 0 Å². The van der Waals surface area contributed by atoms with E-state index in [-0.39, 0.29) is 4.90 Å². The monoisotopic (exact) mass is 308 g/mol. The predicted molar refractivity (Wildman–Crippen MR) is 58.5 cm³/mol. The average molecular weight is 308 g/mol. The molecule has 1 heterocycles. The highest BCUT2D eigenvalue weighted by Gasteiger charge is 2.21. The second-order valence-electron chi connectivity index (χ2n) is 2.47. The number of benzene rings is 1. The lowest BCUT2D eigenvalue weighted by atomic mass is 10.3. The van der Waals surface area contributed by atoms with Crippen LogP contribution in [-0.2, 0) is 10.0 Å². The van der Waals surface area contributed by atoms with E-state index < -0.39 is 10.0 Å². The molecule has 13 heavy (non-hydrogen) atoms. The molecule has 1 aromatic carbocycles. The number of hydrogen-bond donors (Lipinski definition) is 1. The standard InChI is InChI=1S/C7H5IN2O2S/c8-5-2-1-3-6-7(5)9-4-10-13(6,11)12/h1-4H,(H,9,10). The van der Waals surface area contributed by atoms with E-state index in [0.29, 0.717) is 5.69 Å². The van der Waals surface area contributed by atoms with Crippen LogP contribution in [0.2, 0.25) is 0 Å². The number of nitrogens with one attached hydrogen (secondary N) is 1. The highest BCUT2D eigenvalue weighted by atomic mass is 127. The smallest absolute Gasteiger partial charge is 0.285 e. The van der Waals surface area contributed by atoms with Crippen molar-refractivity contribution in [2.24, 2.45) is 4.40 Å². The second kappa shape index (κ2) is 2.95. The minimum absolute atomic E-state index is 0.238. The van der Waals surface area contributed by atoms with Crippen molar-refractivity contribution in [3.8, 4) is 0 Å². The molecule has 2 rings (SSSR count). The van der Waals surface area contributed by atoms with Crippen molar-refractivity contribution < 1.29 is 8.42 Å². The van der Waals surface area contributed by atoms with Gasteiger partial charge in [-0.05, 0) is 34.7 Å². The van der Waals surface area contributed by atoms with Gasteiger partial charge in [0.25, 0.3) is 10.0 Å². The van der Waals surface area contributed by atoms with Crippen molar-refractivity contribution in [3.63, 3.8) is 0 Å². The minimum Gasteiger partial charge on any atom is -0.344 e. The number of fused-ring (bicyclic) bond motifs is 1. The van der Waals surface area contributed by atoms with Crippen molar-refractivity contribution in [2.45, 2.75) is 4.90 Å². The lowest BCUT2D eigenvalue weighted by molar-refractivity contribution is 0.598. The molecule has 1 aliphatic heterocycles. The quantitative estimate of drug-likeness (QED) is 0.738. The molecule has 6 heteroatoms. The van der Waals surface area contributed by atoms with E-state index in [1.165, 1.54) is 12.4 Å². The molecule has 0 atom stereocenters. The lowest BCUT2D eigenvalue weighted by Crippen LogP contribution is -2.12. The Morgan fingerprint density at radius 3 is 2.85 bits per heavy atom. The third kappa shape index (κ3) is 1.44. The van der Waals surface area contributed by atoms with Crippen molar-refractivity contribution in [1.29, 1.82) is 0 Å². The van der Waals surface area contributed by atoms with Crippen LogP contribution < -0.4 is 5.32 Å². The zero-order valence-corrected chi connectivity index (χ0v) is 9.33. The van der Waals surface area contributed by atoms with Crippen molar-refractivity contribution >= 4 is 44.6 Å². The van der Waals surface area contributed by atoms with E-state index in [1.807, 2.05) is 6.07 Å². The van der Waals surface area contributed by atoms with Crippen molar-refractivity contribution in [3.05, 3.63) is 21.8 Å². The van der Waals surface area contributed by atoms with Gasteiger partial charge in [-0.1, -0.05) is 6.07 Å². The summed E-state index contributed by atoms with van der Waals surface area (Å²) < 4.78 is 27.0. The fourth-order valence-electron chi connectivity index (χ4n) is 1.08. The molecule has 0 unspecified atom stereocenters. The molecular weight excluding hydrogens is 303 g/mol. The van der Waals surface area contributed by atoms with Gasteiger partial charge >= 0.3 is 0 Å². The van der Waals surface area contributed by atoms with Gasteiger partial charge in [0.2, 0.25) is 0 Å². The highest BCUT2D eigenvalue weighted by Crippen LogP contribution is 2.29.